The third kappa shape index (κ3) is 4.00. The van der Waals surface area contributed by atoms with Gasteiger partial charge in [-0.25, -0.2) is 13.1 Å². The van der Waals surface area contributed by atoms with Gasteiger partial charge in [0.15, 0.2) is 0 Å². The van der Waals surface area contributed by atoms with E-state index in [0.29, 0.717) is 12.8 Å². The molecule has 1 aliphatic carbocycles. The Morgan fingerprint density at radius 2 is 2.07 bits per heavy atom. The number of hydrogen-bond donors (Lipinski definition) is 2. The van der Waals surface area contributed by atoms with Crippen LogP contribution in [0, 0.1) is 5.92 Å². The van der Waals surface area contributed by atoms with Gasteiger partial charge in [-0.15, -0.1) is 0 Å². The number of halogens is 2. The predicted octanol–water partition coefficient (Wildman–Crippen LogP) is 0.679. The highest BCUT2D eigenvalue weighted by atomic mass is 32.2. The van der Waals surface area contributed by atoms with Gasteiger partial charge < -0.3 is 5.11 Å². The van der Waals surface area contributed by atoms with Crippen LogP contribution >= 0.6 is 0 Å². The second-order valence-corrected chi connectivity index (χ2v) is 5.58. The highest BCUT2D eigenvalue weighted by Crippen LogP contribution is 2.23. The van der Waals surface area contributed by atoms with Crippen LogP contribution in [0.25, 0.3) is 0 Å². The van der Waals surface area contributed by atoms with Crippen molar-refractivity contribution in [2.24, 2.45) is 5.92 Å². The minimum atomic E-state index is -4.48. The van der Waals surface area contributed by atoms with Crippen molar-refractivity contribution in [3.05, 3.63) is 0 Å². The third-order valence-corrected chi connectivity index (χ3v) is 3.60. The van der Waals surface area contributed by atoms with Crippen molar-refractivity contribution in [1.29, 1.82) is 0 Å². The highest BCUT2D eigenvalue weighted by Gasteiger charge is 2.26. The lowest BCUT2D eigenvalue weighted by molar-refractivity contribution is 0.102. The topological polar surface area (TPSA) is 66.4 Å². The Balaban J connectivity index is 2.37. The first-order valence-corrected chi connectivity index (χ1v) is 6.41. The van der Waals surface area contributed by atoms with Gasteiger partial charge in [-0.1, -0.05) is 6.42 Å². The molecule has 2 unspecified atom stereocenters. The molecule has 2 N–H and O–H groups in total. The number of aliphatic hydroxyl groups is 1. The van der Waals surface area contributed by atoms with Gasteiger partial charge in [0.2, 0.25) is 0 Å². The van der Waals surface area contributed by atoms with Gasteiger partial charge in [0.1, 0.15) is 0 Å². The normalized spacial score (nSPS) is 28.3. The first-order valence-electron chi connectivity index (χ1n) is 4.86. The van der Waals surface area contributed by atoms with E-state index in [-0.39, 0.29) is 12.5 Å². The molecule has 1 fully saturated rings. The van der Waals surface area contributed by atoms with E-state index in [1.165, 1.54) is 0 Å². The molecule has 7 heteroatoms. The van der Waals surface area contributed by atoms with Gasteiger partial charge >= 0.3 is 5.76 Å². The molecular weight excluding hydrogens is 228 g/mol. The molecule has 0 amide bonds. The van der Waals surface area contributed by atoms with Crippen LogP contribution in [-0.2, 0) is 10.0 Å². The minimum absolute atomic E-state index is 0.0102. The maximum Gasteiger partial charge on any atom is 0.350 e. The van der Waals surface area contributed by atoms with Gasteiger partial charge in [-0.05, 0) is 25.2 Å². The fourth-order valence-corrected chi connectivity index (χ4v) is 2.34. The van der Waals surface area contributed by atoms with E-state index >= 15 is 0 Å². The van der Waals surface area contributed by atoms with Crippen molar-refractivity contribution in [3.63, 3.8) is 0 Å². The fraction of sp³-hybridized carbons (Fsp3) is 1.00. The summed E-state index contributed by atoms with van der Waals surface area (Å²) >= 11 is 0. The van der Waals surface area contributed by atoms with Gasteiger partial charge in [-0.2, -0.15) is 8.78 Å². The Morgan fingerprint density at radius 3 is 2.60 bits per heavy atom. The van der Waals surface area contributed by atoms with Gasteiger partial charge in [0.05, 0.1) is 6.10 Å². The number of rotatable bonds is 4. The zero-order valence-electron chi connectivity index (χ0n) is 8.20. The summed E-state index contributed by atoms with van der Waals surface area (Å²) in [5.74, 6) is -3.42. The quantitative estimate of drug-likeness (QED) is 0.763. The largest absolute Gasteiger partial charge is 0.393 e. The Bertz CT molecular complexity index is 294. The Morgan fingerprint density at radius 1 is 1.40 bits per heavy atom. The molecule has 4 nitrogen and oxygen atoms in total. The summed E-state index contributed by atoms with van der Waals surface area (Å²) in [6, 6.07) is 0. The average Bonchev–Trinajstić information content (AvgIpc) is 2.15. The SMILES string of the molecule is O=S(=O)(NCC1CCCC(O)C1)C(F)F. The van der Waals surface area contributed by atoms with Crippen LogP contribution in [0.1, 0.15) is 25.7 Å². The van der Waals surface area contributed by atoms with Crippen molar-refractivity contribution >= 4 is 10.0 Å². The molecule has 0 heterocycles. The van der Waals surface area contributed by atoms with Crippen molar-refractivity contribution in [2.75, 3.05) is 6.54 Å². The Labute approximate surface area is 87.7 Å². The summed E-state index contributed by atoms with van der Waals surface area (Å²) in [6.45, 7) is -0.0102. The van der Waals surface area contributed by atoms with Crippen LogP contribution in [0.3, 0.4) is 0 Å². The summed E-state index contributed by atoms with van der Waals surface area (Å²) in [6.07, 6.45) is 2.33. The van der Waals surface area contributed by atoms with Crippen molar-refractivity contribution in [1.82, 2.24) is 4.72 Å². The fourth-order valence-electron chi connectivity index (χ4n) is 1.75. The molecule has 0 bridgehead atoms. The standard InChI is InChI=1S/C8H15F2NO3S/c9-8(10)15(13,14)11-5-6-2-1-3-7(12)4-6/h6-8,11-12H,1-5H2. The van der Waals surface area contributed by atoms with Crippen LogP contribution in [0.4, 0.5) is 8.78 Å². The van der Waals surface area contributed by atoms with Crippen LogP contribution < -0.4 is 4.72 Å². The molecule has 0 aromatic carbocycles. The lowest BCUT2D eigenvalue weighted by Crippen LogP contribution is -2.35. The molecule has 0 aromatic rings. The summed E-state index contributed by atoms with van der Waals surface area (Å²) in [5, 5.41) is 9.29. The second-order valence-electron chi connectivity index (χ2n) is 3.84. The summed E-state index contributed by atoms with van der Waals surface area (Å²) < 4.78 is 47.2. The van der Waals surface area contributed by atoms with Crippen LogP contribution in [0.5, 0.6) is 0 Å². The molecule has 0 saturated heterocycles. The molecule has 0 aliphatic heterocycles. The van der Waals surface area contributed by atoms with Crippen molar-refractivity contribution in [2.45, 2.75) is 37.5 Å². The first kappa shape index (κ1) is 12.8. The maximum absolute atomic E-state index is 11.9. The molecule has 1 saturated carbocycles. The van der Waals surface area contributed by atoms with Crippen LogP contribution in [0.15, 0.2) is 0 Å². The van der Waals surface area contributed by atoms with E-state index in [9.17, 15) is 22.3 Å². The molecule has 90 valence electrons. The molecule has 2 atom stereocenters. The third-order valence-electron chi connectivity index (χ3n) is 2.56. The Hall–Kier alpha value is -0.270. The summed E-state index contributed by atoms with van der Waals surface area (Å²) in [5.41, 5.74) is 0. The molecule has 1 rings (SSSR count). The van der Waals surface area contributed by atoms with E-state index in [0.717, 1.165) is 12.8 Å². The van der Waals surface area contributed by atoms with E-state index in [1.54, 1.807) is 0 Å². The lowest BCUT2D eigenvalue weighted by atomic mass is 9.87. The summed E-state index contributed by atoms with van der Waals surface area (Å²) in [7, 11) is -4.48. The molecule has 1 aliphatic rings. The van der Waals surface area contributed by atoms with Crippen LogP contribution in [-0.4, -0.2) is 31.9 Å². The molecule has 0 radical (unpaired) electrons. The van der Waals surface area contributed by atoms with Crippen LogP contribution in [0.2, 0.25) is 0 Å². The smallest absolute Gasteiger partial charge is 0.350 e. The van der Waals surface area contributed by atoms with E-state index < -0.39 is 21.9 Å². The van der Waals surface area contributed by atoms with Gasteiger partial charge in [-0.3, -0.25) is 0 Å². The zero-order chi connectivity index (χ0) is 11.5. The van der Waals surface area contributed by atoms with Gasteiger partial charge in [0, 0.05) is 6.54 Å². The van der Waals surface area contributed by atoms with Crippen molar-refractivity contribution in [3.8, 4) is 0 Å². The van der Waals surface area contributed by atoms with E-state index in [4.69, 9.17) is 0 Å². The molecule has 15 heavy (non-hydrogen) atoms. The highest BCUT2D eigenvalue weighted by molar-refractivity contribution is 7.89. The second kappa shape index (κ2) is 5.18. The predicted molar refractivity (Wildman–Crippen MR) is 50.9 cm³/mol. The monoisotopic (exact) mass is 243 g/mol. The Kier molecular flexibility index (Phi) is 4.42. The first-order chi connectivity index (χ1) is 6.92. The maximum atomic E-state index is 11.9. The average molecular weight is 243 g/mol. The number of aliphatic hydroxyl groups excluding tert-OH is 1. The number of alkyl halides is 2. The lowest BCUT2D eigenvalue weighted by Gasteiger charge is -2.25. The van der Waals surface area contributed by atoms with Gasteiger partial charge in [0.25, 0.3) is 10.0 Å². The molecular formula is C8H15F2NO3S. The number of hydrogen-bond acceptors (Lipinski definition) is 3. The van der Waals surface area contributed by atoms with Crippen molar-refractivity contribution < 1.29 is 22.3 Å². The van der Waals surface area contributed by atoms with E-state index in [1.807, 2.05) is 4.72 Å². The number of sulfonamides is 1. The minimum Gasteiger partial charge on any atom is -0.393 e. The number of nitrogens with one attached hydrogen (secondary N) is 1. The zero-order valence-corrected chi connectivity index (χ0v) is 9.01. The molecule has 0 aromatic heterocycles. The summed E-state index contributed by atoms with van der Waals surface area (Å²) in [4.78, 5) is 0. The van der Waals surface area contributed by atoms with E-state index in [2.05, 4.69) is 0 Å². The molecule has 0 spiro atoms.